The maximum absolute atomic E-state index is 4.94. The van der Waals surface area contributed by atoms with E-state index in [4.69, 9.17) is 12.2 Å². The summed E-state index contributed by atoms with van der Waals surface area (Å²) < 4.78 is 0.472. The summed E-state index contributed by atoms with van der Waals surface area (Å²) >= 11 is 6.60. The molecule has 16 heavy (non-hydrogen) atoms. The molecular weight excluding hydrogens is 240 g/mol. The van der Waals surface area contributed by atoms with Crippen molar-refractivity contribution in [1.29, 1.82) is 0 Å². The van der Waals surface area contributed by atoms with E-state index in [-0.39, 0.29) is 5.41 Å². The lowest BCUT2D eigenvalue weighted by atomic mass is 9.98. The molecule has 2 rings (SSSR count). The van der Waals surface area contributed by atoms with Gasteiger partial charge in [0.25, 0.3) is 0 Å². The van der Waals surface area contributed by atoms with Gasteiger partial charge in [0.1, 0.15) is 0 Å². The second-order valence-corrected chi connectivity index (χ2v) is 6.08. The second-order valence-electron chi connectivity index (χ2n) is 4.70. The molecule has 6 heteroatoms. The first-order chi connectivity index (χ1) is 7.38. The monoisotopic (exact) mass is 254 g/mol. The molecule has 4 nitrogen and oxygen atoms in total. The molecule has 0 aliphatic rings. The fourth-order valence-electron chi connectivity index (χ4n) is 1.31. The third-order valence-electron chi connectivity index (χ3n) is 2.15. The zero-order valence-electron chi connectivity index (χ0n) is 9.71. The van der Waals surface area contributed by atoms with E-state index in [1.165, 1.54) is 0 Å². The Bertz CT molecular complexity index is 556. The van der Waals surface area contributed by atoms with E-state index in [1.54, 1.807) is 11.3 Å². The minimum Gasteiger partial charge on any atom is -0.281 e. The number of rotatable bonds is 1. The zero-order valence-corrected chi connectivity index (χ0v) is 11.3. The molecule has 0 amide bonds. The van der Waals surface area contributed by atoms with Crippen molar-refractivity contribution >= 4 is 23.6 Å². The highest BCUT2D eigenvalue weighted by molar-refractivity contribution is 7.71. The van der Waals surface area contributed by atoms with E-state index in [0.717, 1.165) is 21.4 Å². The summed E-state index contributed by atoms with van der Waals surface area (Å²) in [6.45, 7) is 8.46. The summed E-state index contributed by atoms with van der Waals surface area (Å²) in [5.74, 6) is 0.774. The van der Waals surface area contributed by atoms with Crippen molar-refractivity contribution in [2.24, 2.45) is 0 Å². The Kier molecular flexibility index (Phi) is 2.71. The highest BCUT2D eigenvalue weighted by Gasteiger charge is 2.21. The topological polar surface area (TPSA) is 57.4 Å². The highest BCUT2D eigenvalue weighted by atomic mass is 32.1. The number of nitrogens with zero attached hydrogens (tertiary/aromatic N) is 2. The van der Waals surface area contributed by atoms with Crippen LogP contribution in [0.5, 0.6) is 0 Å². The lowest BCUT2D eigenvalue weighted by Gasteiger charge is -2.13. The van der Waals surface area contributed by atoms with Crippen molar-refractivity contribution in [3.8, 4) is 10.7 Å². The third kappa shape index (κ3) is 2.08. The number of thiazole rings is 1. The molecule has 0 aliphatic heterocycles. The molecule has 0 saturated carbocycles. The summed E-state index contributed by atoms with van der Waals surface area (Å²) in [6.07, 6.45) is 0. The minimum absolute atomic E-state index is 0.0702. The van der Waals surface area contributed by atoms with Crippen LogP contribution in [0.4, 0.5) is 0 Å². The SMILES string of the molecule is Cc1nc(C(C)(C)C)sc1-c1nc(=S)[nH][nH]1. The average molecular weight is 254 g/mol. The Morgan fingerprint density at radius 3 is 2.31 bits per heavy atom. The van der Waals surface area contributed by atoms with E-state index in [0.29, 0.717) is 4.77 Å². The molecule has 0 radical (unpaired) electrons. The summed E-state index contributed by atoms with van der Waals surface area (Å²) in [4.78, 5) is 9.84. The predicted octanol–water partition coefficient (Wildman–Crippen LogP) is 3.20. The summed E-state index contributed by atoms with van der Waals surface area (Å²) in [6, 6.07) is 0. The molecule has 2 aromatic rings. The van der Waals surface area contributed by atoms with Crippen LogP contribution in [0, 0.1) is 11.7 Å². The smallest absolute Gasteiger partial charge is 0.213 e. The molecule has 0 unspecified atom stereocenters. The van der Waals surface area contributed by atoms with Crippen LogP contribution in [0.1, 0.15) is 31.5 Å². The van der Waals surface area contributed by atoms with Crippen molar-refractivity contribution in [3.63, 3.8) is 0 Å². The number of aromatic amines is 2. The fourth-order valence-corrected chi connectivity index (χ4v) is 2.53. The minimum atomic E-state index is 0.0702. The van der Waals surface area contributed by atoms with E-state index >= 15 is 0 Å². The van der Waals surface area contributed by atoms with Gasteiger partial charge in [-0.15, -0.1) is 11.3 Å². The number of nitrogens with one attached hydrogen (secondary N) is 2. The van der Waals surface area contributed by atoms with Crippen molar-refractivity contribution in [1.82, 2.24) is 20.2 Å². The van der Waals surface area contributed by atoms with Crippen LogP contribution in [0.25, 0.3) is 10.7 Å². The lowest BCUT2D eigenvalue weighted by Crippen LogP contribution is -2.10. The molecule has 0 saturated heterocycles. The van der Waals surface area contributed by atoms with E-state index in [1.807, 2.05) is 6.92 Å². The lowest BCUT2D eigenvalue weighted by molar-refractivity contribution is 0.584. The third-order valence-corrected chi connectivity index (χ3v) is 3.94. The van der Waals surface area contributed by atoms with Crippen LogP contribution in [-0.4, -0.2) is 20.2 Å². The first-order valence-electron chi connectivity index (χ1n) is 5.01. The van der Waals surface area contributed by atoms with Gasteiger partial charge in [0, 0.05) is 5.41 Å². The Morgan fingerprint density at radius 2 is 1.88 bits per heavy atom. The van der Waals surface area contributed by atoms with Crippen molar-refractivity contribution in [2.75, 3.05) is 0 Å². The molecule has 86 valence electrons. The molecule has 0 spiro atoms. The van der Waals surface area contributed by atoms with Crippen molar-refractivity contribution < 1.29 is 0 Å². The van der Waals surface area contributed by atoms with Gasteiger partial charge in [-0.25, -0.2) is 4.98 Å². The number of aryl methyl sites for hydroxylation is 1. The molecule has 0 aliphatic carbocycles. The van der Waals surface area contributed by atoms with Gasteiger partial charge >= 0.3 is 0 Å². The molecule has 2 N–H and O–H groups in total. The van der Waals surface area contributed by atoms with Crippen LogP contribution in [-0.2, 0) is 5.41 Å². The van der Waals surface area contributed by atoms with Crippen molar-refractivity contribution in [3.05, 3.63) is 15.5 Å². The van der Waals surface area contributed by atoms with Gasteiger partial charge in [-0.05, 0) is 19.1 Å². The maximum Gasteiger partial charge on any atom is 0.213 e. The Labute approximate surface area is 103 Å². The zero-order chi connectivity index (χ0) is 11.9. The van der Waals surface area contributed by atoms with Crippen LogP contribution in [0.3, 0.4) is 0 Å². The largest absolute Gasteiger partial charge is 0.281 e. The second kappa shape index (κ2) is 3.78. The molecule has 2 heterocycles. The fraction of sp³-hybridized carbons (Fsp3) is 0.500. The summed E-state index contributed by atoms with van der Waals surface area (Å²) in [5, 5.41) is 6.87. The average Bonchev–Trinajstić information content (AvgIpc) is 2.70. The van der Waals surface area contributed by atoms with E-state index < -0.39 is 0 Å². The molecular formula is C10H14N4S2. The maximum atomic E-state index is 4.94. The van der Waals surface area contributed by atoms with E-state index in [9.17, 15) is 0 Å². The molecule has 0 bridgehead atoms. The Balaban J connectivity index is 2.51. The predicted molar refractivity (Wildman–Crippen MR) is 68.3 cm³/mol. The van der Waals surface area contributed by atoms with Gasteiger partial charge in [-0.1, -0.05) is 20.8 Å². The number of hydrogen-bond donors (Lipinski definition) is 2. The number of hydrogen-bond acceptors (Lipinski definition) is 4. The molecule has 2 aromatic heterocycles. The van der Waals surface area contributed by atoms with Crippen molar-refractivity contribution in [2.45, 2.75) is 33.1 Å². The highest BCUT2D eigenvalue weighted by Crippen LogP contribution is 2.33. The van der Waals surface area contributed by atoms with Gasteiger partial charge in [-0.3, -0.25) is 10.2 Å². The standard InChI is InChI=1S/C10H14N4S2/c1-5-6(7-12-9(15)14-13-7)16-8(11-5)10(2,3)4/h1-4H3,(H2,12,13,14,15). The first kappa shape index (κ1) is 11.5. The van der Waals surface area contributed by atoms with Gasteiger partial charge in [0.15, 0.2) is 5.82 Å². The van der Waals surface area contributed by atoms with E-state index in [2.05, 4.69) is 40.9 Å². The van der Waals surface area contributed by atoms with Crippen LogP contribution in [0.2, 0.25) is 0 Å². The quantitative estimate of drug-likeness (QED) is 0.768. The summed E-state index contributed by atoms with van der Waals surface area (Å²) in [7, 11) is 0. The van der Waals surface area contributed by atoms with Gasteiger partial charge in [-0.2, -0.15) is 4.98 Å². The normalized spacial score (nSPS) is 12.0. The first-order valence-corrected chi connectivity index (χ1v) is 6.23. The Morgan fingerprint density at radius 1 is 1.19 bits per heavy atom. The van der Waals surface area contributed by atoms with Gasteiger partial charge < -0.3 is 0 Å². The van der Waals surface area contributed by atoms with Crippen LogP contribution in [0.15, 0.2) is 0 Å². The number of H-pyrrole nitrogens is 2. The summed E-state index contributed by atoms with van der Waals surface area (Å²) in [5.41, 5.74) is 1.06. The Hall–Kier alpha value is -1.01. The molecule has 0 fully saturated rings. The molecule has 0 aromatic carbocycles. The van der Waals surface area contributed by atoms with Gasteiger partial charge in [0.05, 0.1) is 15.6 Å². The van der Waals surface area contributed by atoms with Crippen LogP contribution >= 0.6 is 23.6 Å². The van der Waals surface area contributed by atoms with Gasteiger partial charge in [0.2, 0.25) is 4.77 Å². The van der Waals surface area contributed by atoms with Crippen LogP contribution < -0.4 is 0 Å². The number of aromatic nitrogens is 4. The molecule has 0 atom stereocenters.